The summed E-state index contributed by atoms with van der Waals surface area (Å²) in [5, 5.41) is 20.2. The second kappa shape index (κ2) is 2.71. The van der Waals surface area contributed by atoms with Crippen LogP contribution in [0.3, 0.4) is 0 Å². The van der Waals surface area contributed by atoms with Gasteiger partial charge in [0.25, 0.3) is 0 Å². The maximum Gasteiger partial charge on any atom is 0.0905 e. The summed E-state index contributed by atoms with van der Waals surface area (Å²) in [6, 6.07) is 0. The molecule has 2 aliphatic rings. The molecule has 2 aliphatic carbocycles. The molecule has 0 unspecified atom stereocenters. The van der Waals surface area contributed by atoms with Crippen LogP contribution in [0, 0.1) is 11.8 Å². The average molecular weight is 184 g/mol. The second-order valence-corrected chi connectivity index (χ2v) is 5.41. The number of aliphatic hydroxyl groups is 2. The van der Waals surface area contributed by atoms with Crippen molar-refractivity contribution in [1.82, 2.24) is 0 Å². The average Bonchev–Trinajstić information content (AvgIpc) is 2.33. The molecule has 4 atom stereocenters. The third kappa shape index (κ3) is 1.40. The van der Waals surface area contributed by atoms with Crippen molar-refractivity contribution in [2.75, 3.05) is 0 Å². The number of fused-ring (bicyclic) bond motifs is 1. The number of rotatable bonds is 0. The van der Waals surface area contributed by atoms with E-state index in [9.17, 15) is 10.2 Å². The predicted molar refractivity (Wildman–Crippen MR) is 51.3 cm³/mol. The first-order valence-corrected chi connectivity index (χ1v) is 5.37. The van der Waals surface area contributed by atoms with Gasteiger partial charge in [-0.2, -0.15) is 0 Å². The van der Waals surface area contributed by atoms with Crippen molar-refractivity contribution in [1.29, 1.82) is 0 Å². The topological polar surface area (TPSA) is 40.5 Å². The molecule has 2 nitrogen and oxygen atoms in total. The Morgan fingerprint density at radius 3 is 1.69 bits per heavy atom. The van der Waals surface area contributed by atoms with Crippen LogP contribution in [0.2, 0.25) is 0 Å². The van der Waals surface area contributed by atoms with E-state index in [0.29, 0.717) is 11.8 Å². The molecule has 0 amide bonds. The summed E-state index contributed by atoms with van der Waals surface area (Å²) in [5.41, 5.74) is -1.75. The summed E-state index contributed by atoms with van der Waals surface area (Å²) in [4.78, 5) is 0. The van der Waals surface area contributed by atoms with E-state index in [-0.39, 0.29) is 0 Å². The van der Waals surface area contributed by atoms with Gasteiger partial charge in [-0.25, -0.2) is 0 Å². The molecule has 13 heavy (non-hydrogen) atoms. The minimum atomic E-state index is -0.876. The van der Waals surface area contributed by atoms with Crippen LogP contribution in [-0.4, -0.2) is 21.4 Å². The van der Waals surface area contributed by atoms with Gasteiger partial charge in [0.15, 0.2) is 0 Å². The lowest BCUT2D eigenvalue weighted by molar-refractivity contribution is -0.175. The first-order valence-electron chi connectivity index (χ1n) is 5.37. The summed E-state index contributed by atoms with van der Waals surface area (Å²) in [6.07, 6.45) is 5.34. The third-order valence-corrected chi connectivity index (χ3v) is 4.30. The Morgan fingerprint density at radius 2 is 1.31 bits per heavy atom. The van der Waals surface area contributed by atoms with Crippen LogP contribution in [0.25, 0.3) is 0 Å². The Labute approximate surface area is 80.0 Å². The summed E-state index contributed by atoms with van der Waals surface area (Å²) >= 11 is 0. The van der Waals surface area contributed by atoms with Crippen LogP contribution >= 0.6 is 0 Å². The highest BCUT2D eigenvalue weighted by molar-refractivity contribution is 5.03. The largest absolute Gasteiger partial charge is 0.387 e. The molecule has 76 valence electrons. The zero-order chi connectivity index (χ0) is 9.69. The summed E-state index contributed by atoms with van der Waals surface area (Å²) in [7, 11) is 0. The third-order valence-electron chi connectivity index (χ3n) is 4.30. The molecular formula is C11H20O2. The highest BCUT2D eigenvalue weighted by Crippen LogP contribution is 2.49. The zero-order valence-electron chi connectivity index (χ0n) is 8.58. The van der Waals surface area contributed by atoms with Crippen LogP contribution in [0.4, 0.5) is 0 Å². The van der Waals surface area contributed by atoms with Gasteiger partial charge >= 0.3 is 0 Å². The minimum absolute atomic E-state index is 0.662. The van der Waals surface area contributed by atoms with Gasteiger partial charge < -0.3 is 10.2 Å². The molecule has 2 saturated carbocycles. The molecule has 2 N–H and O–H groups in total. The van der Waals surface area contributed by atoms with Gasteiger partial charge in [0.2, 0.25) is 0 Å². The van der Waals surface area contributed by atoms with Gasteiger partial charge in [-0.05, 0) is 38.5 Å². The molecule has 0 aromatic rings. The van der Waals surface area contributed by atoms with Crippen molar-refractivity contribution in [2.45, 2.75) is 57.2 Å². The van der Waals surface area contributed by atoms with Crippen molar-refractivity contribution in [3.05, 3.63) is 0 Å². The minimum Gasteiger partial charge on any atom is -0.387 e. The normalized spacial score (nSPS) is 56.3. The van der Waals surface area contributed by atoms with Gasteiger partial charge in [0.05, 0.1) is 11.2 Å². The van der Waals surface area contributed by atoms with Crippen LogP contribution in [0.5, 0.6) is 0 Å². The standard InChI is InChI=1S/C11H20O2/c1-10(12)6-8-4-3-5-9(8)7-11(10,2)13/h8-9,12-13H,3-7H2,1-2H3/t8-,9-,10-,11+/m1/s1. The Bertz CT molecular complexity index is 186. The first kappa shape index (κ1) is 9.47. The van der Waals surface area contributed by atoms with E-state index in [1.165, 1.54) is 19.3 Å². The van der Waals surface area contributed by atoms with Crippen LogP contribution in [0.15, 0.2) is 0 Å². The van der Waals surface area contributed by atoms with Crippen molar-refractivity contribution >= 4 is 0 Å². The molecule has 0 saturated heterocycles. The molecule has 2 rings (SSSR count). The fraction of sp³-hybridized carbons (Fsp3) is 1.00. The molecule has 0 bridgehead atoms. The maximum atomic E-state index is 10.1. The highest BCUT2D eigenvalue weighted by atomic mass is 16.4. The first-order chi connectivity index (χ1) is 5.92. The van der Waals surface area contributed by atoms with Crippen LogP contribution in [0.1, 0.15) is 46.0 Å². The second-order valence-electron chi connectivity index (χ2n) is 5.41. The molecule has 0 aliphatic heterocycles. The fourth-order valence-corrected chi connectivity index (χ4v) is 3.11. The van der Waals surface area contributed by atoms with Gasteiger partial charge in [0.1, 0.15) is 0 Å². The van der Waals surface area contributed by atoms with Gasteiger partial charge in [-0.15, -0.1) is 0 Å². The molecule has 2 fully saturated rings. The maximum absolute atomic E-state index is 10.1. The molecule has 0 aromatic carbocycles. The van der Waals surface area contributed by atoms with E-state index >= 15 is 0 Å². The molecule has 0 radical (unpaired) electrons. The lowest BCUT2D eigenvalue weighted by Crippen LogP contribution is -2.55. The lowest BCUT2D eigenvalue weighted by Gasteiger charge is -2.47. The fourth-order valence-electron chi connectivity index (χ4n) is 3.11. The quantitative estimate of drug-likeness (QED) is 0.601. The Balaban J connectivity index is 2.18. The Kier molecular flexibility index (Phi) is 1.97. The van der Waals surface area contributed by atoms with E-state index in [1.54, 1.807) is 13.8 Å². The smallest absolute Gasteiger partial charge is 0.0905 e. The molecule has 0 aromatic heterocycles. The van der Waals surface area contributed by atoms with E-state index < -0.39 is 11.2 Å². The zero-order valence-corrected chi connectivity index (χ0v) is 8.58. The van der Waals surface area contributed by atoms with Gasteiger partial charge in [-0.1, -0.05) is 19.3 Å². The summed E-state index contributed by atoms with van der Waals surface area (Å²) in [6.45, 7) is 3.56. The van der Waals surface area contributed by atoms with Crippen molar-refractivity contribution in [3.63, 3.8) is 0 Å². The van der Waals surface area contributed by atoms with E-state index in [2.05, 4.69) is 0 Å². The van der Waals surface area contributed by atoms with Crippen molar-refractivity contribution in [2.24, 2.45) is 11.8 Å². The SMILES string of the molecule is C[C@]1(O)C[C@H]2CCC[C@@H]2C[C@@]1(C)O. The molecular weight excluding hydrogens is 164 g/mol. The van der Waals surface area contributed by atoms with Gasteiger partial charge in [0, 0.05) is 0 Å². The molecule has 0 spiro atoms. The molecule has 2 heteroatoms. The highest BCUT2D eigenvalue weighted by Gasteiger charge is 2.51. The van der Waals surface area contributed by atoms with Crippen molar-refractivity contribution < 1.29 is 10.2 Å². The summed E-state index contributed by atoms with van der Waals surface area (Å²) < 4.78 is 0. The lowest BCUT2D eigenvalue weighted by atomic mass is 9.65. The van der Waals surface area contributed by atoms with Gasteiger partial charge in [-0.3, -0.25) is 0 Å². The van der Waals surface area contributed by atoms with Crippen LogP contribution in [-0.2, 0) is 0 Å². The van der Waals surface area contributed by atoms with E-state index in [0.717, 1.165) is 12.8 Å². The van der Waals surface area contributed by atoms with Crippen molar-refractivity contribution in [3.8, 4) is 0 Å². The van der Waals surface area contributed by atoms with E-state index in [4.69, 9.17) is 0 Å². The summed E-state index contributed by atoms with van der Waals surface area (Å²) in [5.74, 6) is 1.32. The molecule has 0 heterocycles. The predicted octanol–water partition coefficient (Wildman–Crippen LogP) is 1.70. The monoisotopic (exact) mass is 184 g/mol. The number of hydrogen-bond donors (Lipinski definition) is 2. The number of hydrogen-bond acceptors (Lipinski definition) is 2. The van der Waals surface area contributed by atoms with E-state index in [1.807, 2.05) is 0 Å². The Morgan fingerprint density at radius 1 is 0.923 bits per heavy atom. The Hall–Kier alpha value is -0.0800. The van der Waals surface area contributed by atoms with Crippen LogP contribution < -0.4 is 0 Å².